The van der Waals surface area contributed by atoms with Crippen molar-refractivity contribution < 1.29 is 14.3 Å². The van der Waals surface area contributed by atoms with E-state index < -0.39 is 11.8 Å². The van der Waals surface area contributed by atoms with Gasteiger partial charge in [0.2, 0.25) is 0 Å². The Labute approximate surface area is 192 Å². The number of para-hydroxylation sites is 1. The summed E-state index contributed by atoms with van der Waals surface area (Å²) >= 11 is 0. The summed E-state index contributed by atoms with van der Waals surface area (Å²) in [5, 5.41) is 10.6. The number of benzene rings is 3. The van der Waals surface area contributed by atoms with E-state index in [-0.39, 0.29) is 12.1 Å². The van der Waals surface area contributed by atoms with Crippen molar-refractivity contribution in [2.45, 2.75) is 25.4 Å². The second kappa shape index (κ2) is 9.99. The standard InChI is InChI=1S/C26H26N4O3/c1-17(18-9-4-3-5-10-18)27-25(31)26(32)30-29-24-16-23(19-11-8-12-20(15-19)33-2)28-22-14-7-6-13-21(22)24/h3-15,17,23,28H,16H2,1-2H3,(H,27,31)(H,30,32)/b29-24+/t17-,23+/m0/s1. The zero-order valence-corrected chi connectivity index (χ0v) is 18.5. The first-order valence-corrected chi connectivity index (χ1v) is 10.8. The van der Waals surface area contributed by atoms with Crippen molar-refractivity contribution in [3.8, 4) is 5.75 Å². The molecule has 3 aromatic rings. The highest BCUT2D eigenvalue weighted by Gasteiger charge is 2.25. The number of hydrogen-bond donors (Lipinski definition) is 3. The van der Waals surface area contributed by atoms with E-state index in [0.29, 0.717) is 12.1 Å². The zero-order chi connectivity index (χ0) is 23.2. The van der Waals surface area contributed by atoms with Gasteiger partial charge in [-0.1, -0.05) is 60.7 Å². The molecule has 0 saturated heterocycles. The Bertz CT molecular complexity index is 1180. The second-order valence-corrected chi connectivity index (χ2v) is 7.83. The highest BCUT2D eigenvalue weighted by molar-refractivity contribution is 6.35. The smallest absolute Gasteiger partial charge is 0.329 e. The van der Waals surface area contributed by atoms with Crippen LogP contribution in [0.25, 0.3) is 0 Å². The molecule has 0 aliphatic carbocycles. The Morgan fingerprint density at radius 1 is 1.00 bits per heavy atom. The predicted octanol–water partition coefficient (Wildman–Crippen LogP) is 3.95. The maximum atomic E-state index is 12.4. The molecule has 3 aromatic carbocycles. The number of fused-ring (bicyclic) bond motifs is 1. The summed E-state index contributed by atoms with van der Waals surface area (Å²) in [4.78, 5) is 24.8. The number of carbonyl (C=O) groups is 2. The van der Waals surface area contributed by atoms with E-state index in [1.807, 2.05) is 85.8 Å². The molecular formula is C26H26N4O3. The van der Waals surface area contributed by atoms with Gasteiger partial charge < -0.3 is 15.4 Å². The highest BCUT2D eigenvalue weighted by Crippen LogP contribution is 2.33. The Kier molecular flexibility index (Phi) is 6.69. The van der Waals surface area contributed by atoms with Crippen LogP contribution < -0.4 is 20.8 Å². The average molecular weight is 443 g/mol. The first-order chi connectivity index (χ1) is 16.0. The molecule has 3 N–H and O–H groups in total. The molecule has 1 aliphatic rings. The number of methoxy groups -OCH3 is 1. The number of nitrogens with zero attached hydrogens (tertiary/aromatic N) is 1. The number of ether oxygens (including phenoxy) is 1. The van der Waals surface area contributed by atoms with Gasteiger partial charge in [0, 0.05) is 17.7 Å². The summed E-state index contributed by atoms with van der Waals surface area (Å²) in [6.07, 6.45) is 0.534. The second-order valence-electron chi connectivity index (χ2n) is 7.83. The first kappa shape index (κ1) is 22.1. The van der Waals surface area contributed by atoms with Crippen LogP contribution in [-0.4, -0.2) is 24.6 Å². The van der Waals surface area contributed by atoms with E-state index in [9.17, 15) is 9.59 Å². The van der Waals surface area contributed by atoms with Gasteiger partial charge >= 0.3 is 11.8 Å². The van der Waals surface area contributed by atoms with Crippen molar-refractivity contribution in [3.05, 3.63) is 95.6 Å². The molecule has 0 saturated carbocycles. The molecule has 7 heteroatoms. The number of hydrogen-bond acceptors (Lipinski definition) is 5. The lowest BCUT2D eigenvalue weighted by molar-refractivity contribution is -0.139. The number of nitrogens with one attached hydrogen (secondary N) is 3. The molecule has 4 rings (SSSR count). The van der Waals surface area contributed by atoms with E-state index in [1.54, 1.807) is 7.11 Å². The van der Waals surface area contributed by atoms with Gasteiger partial charge in [-0.05, 0) is 36.2 Å². The molecule has 0 fully saturated rings. The molecule has 1 aliphatic heterocycles. The van der Waals surface area contributed by atoms with Crippen LogP contribution >= 0.6 is 0 Å². The van der Waals surface area contributed by atoms with Crippen LogP contribution in [0.4, 0.5) is 5.69 Å². The summed E-state index contributed by atoms with van der Waals surface area (Å²) in [5.41, 5.74) is 6.87. The molecule has 0 spiro atoms. The third kappa shape index (κ3) is 5.20. The molecule has 0 bridgehead atoms. The summed E-state index contributed by atoms with van der Waals surface area (Å²) in [5.74, 6) is -0.773. The molecule has 0 aromatic heterocycles. The molecule has 33 heavy (non-hydrogen) atoms. The lowest BCUT2D eigenvalue weighted by atomic mass is 9.92. The third-order valence-corrected chi connectivity index (χ3v) is 5.61. The number of rotatable bonds is 5. The molecule has 2 amide bonds. The average Bonchev–Trinajstić information content (AvgIpc) is 2.87. The van der Waals surface area contributed by atoms with Crippen molar-refractivity contribution in [1.29, 1.82) is 0 Å². The fraction of sp³-hybridized carbons (Fsp3) is 0.192. The normalized spacial score (nSPS) is 16.8. The lowest BCUT2D eigenvalue weighted by Gasteiger charge is -2.28. The van der Waals surface area contributed by atoms with Crippen LogP contribution in [0.15, 0.2) is 84.0 Å². The topological polar surface area (TPSA) is 91.8 Å². The van der Waals surface area contributed by atoms with Crippen molar-refractivity contribution in [2.75, 3.05) is 12.4 Å². The molecule has 1 heterocycles. The monoisotopic (exact) mass is 442 g/mol. The Hall–Kier alpha value is -4.13. The van der Waals surface area contributed by atoms with Crippen LogP contribution in [0.5, 0.6) is 5.75 Å². The van der Waals surface area contributed by atoms with Gasteiger partial charge in [-0.3, -0.25) is 9.59 Å². The van der Waals surface area contributed by atoms with Crippen molar-refractivity contribution in [3.63, 3.8) is 0 Å². The molecule has 7 nitrogen and oxygen atoms in total. The summed E-state index contributed by atoms with van der Waals surface area (Å²) < 4.78 is 5.35. The summed E-state index contributed by atoms with van der Waals surface area (Å²) in [7, 11) is 1.63. The van der Waals surface area contributed by atoms with Crippen molar-refractivity contribution >= 4 is 23.2 Å². The largest absolute Gasteiger partial charge is 0.497 e. The predicted molar refractivity (Wildman–Crippen MR) is 128 cm³/mol. The Morgan fingerprint density at radius 2 is 1.76 bits per heavy atom. The van der Waals surface area contributed by atoms with Crippen LogP contribution in [0.3, 0.4) is 0 Å². The van der Waals surface area contributed by atoms with Gasteiger partial charge in [-0.2, -0.15) is 5.10 Å². The zero-order valence-electron chi connectivity index (χ0n) is 18.5. The molecule has 0 unspecified atom stereocenters. The van der Waals surface area contributed by atoms with Crippen molar-refractivity contribution in [1.82, 2.24) is 10.7 Å². The molecule has 168 valence electrons. The van der Waals surface area contributed by atoms with E-state index in [2.05, 4.69) is 21.2 Å². The van der Waals surface area contributed by atoms with Gasteiger partial charge in [-0.25, -0.2) is 5.43 Å². The Balaban J connectivity index is 1.49. The lowest BCUT2D eigenvalue weighted by Crippen LogP contribution is -2.39. The first-order valence-electron chi connectivity index (χ1n) is 10.8. The molecule has 0 radical (unpaired) electrons. The minimum absolute atomic E-state index is 0.0578. The van der Waals surface area contributed by atoms with Gasteiger partial charge in [0.1, 0.15) is 5.75 Å². The minimum Gasteiger partial charge on any atom is -0.497 e. The number of anilines is 1. The third-order valence-electron chi connectivity index (χ3n) is 5.61. The fourth-order valence-electron chi connectivity index (χ4n) is 3.82. The quantitative estimate of drug-likeness (QED) is 0.412. The van der Waals surface area contributed by atoms with E-state index in [1.165, 1.54) is 0 Å². The minimum atomic E-state index is -0.806. The van der Waals surface area contributed by atoms with Gasteiger partial charge in [0.05, 0.1) is 24.9 Å². The number of hydrazone groups is 1. The highest BCUT2D eigenvalue weighted by atomic mass is 16.5. The fourth-order valence-corrected chi connectivity index (χ4v) is 3.82. The van der Waals surface area contributed by atoms with Crippen LogP contribution in [0.1, 0.15) is 42.1 Å². The van der Waals surface area contributed by atoms with Crippen LogP contribution in [0.2, 0.25) is 0 Å². The summed E-state index contributed by atoms with van der Waals surface area (Å²) in [6.45, 7) is 1.83. The number of carbonyl (C=O) groups excluding carboxylic acids is 2. The summed E-state index contributed by atoms with van der Waals surface area (Å²) in [6, 6.07) is 24.7. The van der Waals surface area contributed by atoms with Crippen LogP contribution in [-0.2, 0) is 9.59 Å². The van der Waals surface area contributed by atoms with Gasteiger partial charge in [0.25, 0.3) is 0 Å². The molecular weight excluding hydrogens is 416 g/mol. The Morgan fingerprint density at radius 3 is 2.55 bits per heavy atom. The van der Waals surface area contributed by atoms with E-state index in [0.717, 1.165) is 28.1 Å². The number of amides is 2. The van der Waals surface area contributed by atoms with E-state index in [4.69, 9.17) is 4.74 Å². The van der Waals surface area contributed by atoms with Gasteiger partial charge in [0.15, 0.2) is 0 Å². The van der Waals surface area contributed by atoms with Crippen LogP contribution in [0, 0.1) is 0 Å². The SMILES string of the molecule is COc1cccc([C@H]2C/C(=N\NC(=O)C(=O)N[C@@H](C)c3ccccc3)c3ccccc3N2)c1. The molecule has 2 atom stereocenters. The van der Waals surface area contributed by atoms with E-state index >= 15 is 0 Å². The van der Waals surface area contributed by atoms with Gasteiger partial charge in [-0.15, -0.1) is 0 Å². The maximum absolute atomic E-state index is 12.4. The van der Waals surface area contributed by atoms with Crippen molar-refractivity contribution in [2.24, 2.45) is 5.10 Å². The maximum Gasteiger partial charge on any atom is 0.329 e.